The summed E-state index contributed by atoms with van der Waals surface area (Å²) in [7, 11) is 0. The highest BCUT2D eigenvalue weighted by Gasteiger charge is 2.48. The molecule has 3 atom stereocenters. The lowest BCUT2D eigenvalue weighted by Crippen LogP contribution is -2.50. The monoisotopic (exact) mass is 520 g/mol. The molecule has 3 N–H and O–H groups in total. The van der Waals surface area contributed by atoms with E-state index in [1.54, 1.807) is 6.92 Å². The molecule has 3 aliphatic carbocycles. The third kappa shape index (κ3) is 4.88. The molecule has 0 radical (unpaired) electrons. The highest BCUT2D eigenvalue weighted by Crippen LogP contribution is 2.51. The maximum Gasteiger partial charge on any atom is 0.318 e. The van der Waals surface area contributed by atoms with E-state index in [1.165, 1.54) is 5.56 Å². The first kappa shape index (κ1) is 24.9. The van der Waals surface area contributed by atoms with Crippen molar-refractivity contribution < 1.29 is 19.0 Å². The summed E-state index contributed by atoms with van der Waals surface area (Å²) in [4.78, 5) is 41.2. The second-order valence-electron chi connectivity index (χ2n) is 11.9. The van der Waals surface area contributed by atoms with Crippen LogP contribution in [0.1, 0.15) is 66.8 Å². The van der Waals surface area contributed by atoms with Crippen molar-refractivity contribution >= 4 is 23.5 Å². The lowest BCUT2D eigenvalue weighted by molar-refractivity contribution is -0.119. The maximum absolute atomic E-state index is 13.7. The molecule has 1 saturated heterocycles. The summed E-state index contributed by atoms with van der Waals surface area (Å²) in [5, 5.41) is 16.6. The second-order valence-corrected chi connectivity index (χ2v) is 11.9. The van der Waals surface area contributed by atoms with Crippen molar-refractivity contribution in [1.29, 1.82) is 0 Å². The van der Waals surface area contributed by atoms with E-state index in [0.717, 1.165) is 50.6 Å². The summed E-state index contributed by atoms with van der Waals surface area (Å²) < 4.78 is 4.71. The lowest BCUT2D eigenvalue weighted by atomic mass is 9.88. The van der Waals surface area contributed by atoms with Crippen LogP contribution in [0, 0.1) is 30.6 Å². The quantitative estimate of drug-likeness (QED) is 0.466. The number of aromatic nitrogens is 2. The molecule has 2 heterocycles. The minimum Gasteiger partial charge on any atom is -0.338 e. The van der Waals surface area contributed by atoms with Crippen molar-refractivity contribution in [2.45, 2.75) is 77.4 Å². The van der Waals surface area contributed by atoms with E-state index in [1.807, 2.05) is 17.0 Å². The standard InChI is InChI=1S/C28H36N6O4/c1-14(2)22-13-34(28(37)30-22)21-11-18-8-9-20(10-19(18)12-21)29-27(36)25(23(16-4-5-16)17-6-7-17)31-26(35)24-15(3)32-38-33-24/h8-10,14,16-17,21-23,25H,4-7,11-13H2,1-3H3,(H,29,36)(H,30,37)(H,31,35)/t21?,22-,25-/m0/s1. The number of benzene rings is 1. The molecule has 1 aromatic heterocycles. The number of amides is 4. The number of nitrogens with zero attached hydrogens (tertiary/aromatic N) is 3. The van der Waals surface area contributed by atoms with Gasteiger partial charge in [-0.15, -0.1) is 0 Å². The predicted molar refractivity (Wildman–Crippen MR) is 139 cm³/mol. The van der Waals surface area contributed by atoms with E-state index in [-0.39, 0.29) is 35.6 Å². The van der Waals surface area contributed by atoms with Crippen LogP contribution in [0.4, 0.5) is 10.5 Å². The number of hydrogen-bond acceptors (Lipinski definition) is 6. The highest BCUT2D eigenvalue weighted by atomic mass is 16.6. The van der Waals surface area contributed by atoms with Crippen molar-refractivity contribution in [2.75, 3.05) is 11.9 Å². The molecule has 2 aromatic rings. The molecule has 1 unspecified atom stereocenters. The Morgan fingerprint density at radius 1 is 1.08 bits per heavy atom. The fourth-order valence-corrected chi connectivity index (χ4v) is 6.26. The number of carbonyl (C=O) groups is 3. The van der Waals surface area contributed by atoms with Gasteiger partial charge in [-0.05, 0) is 97.5 Å². The SMILES string of the molecule is Cc1nonc1C(=O)N[C@H](C(=O)Nc1ccc2c(c1)CC(N1C[C@@H](C(C)C)NC1=O)C2)C(C1CC1)C1CC1. The van der Waals surface area contributed by atoms with E-state index in [4.69, 9.17) is 4.63 Å². The first-order chi connectivity index (χ1) is 18.3. The van der Waals surface area contributed by atoms with Crippen molar-refractivity contribution in [3.63, 3.8) is 0 Å². The van der Waals surface area contributed by atoms with Gasteiger partial charge in [0.05, 0.1) is 6.04 Å². The van der Waals surface area contributed by atoms with Crippen molar-refractivity contribution in [3.8, 4) is 0 Å². The summed E-state index contributed by atoms with van der Waals surface area (Å²) in [6.45, 7) is 6.64. The van der Waals surface area contributed by atoms with Crippen LogP contribution >= 0.6 is 0 Å². The van der Waals surface area contributed by atoms with Crippen LogP contribution in [0.25, 0.3) is 0 Å². The number of urea groups is 1. The molecular weight excluding hydrogens is 484 g/mol. The zero-order valence-electron chi connectivity index (χ0n) is 22.2. The van der Waals surface area contributed by atoms with E-state index in [0.29, 0.717) is 29.1 Å². The van der Waals surface area contributed by atoms with Gasteiger partial charge in [-0.2, -0.15) is 0 Å². The minimum absolute atomic E-state index is 0.0114. The van der Waals surface area contributed by atoms with Crippen LogP contribution in [-0.2, 0) is 17.6 Å². The number of carbonyl (C=O) groups excluding carboxylic acids is 3. The first-order valence-electron chi connectivity index (χ1n) is 13.9. The minimum atomic E-state index is -0.652. The van der Waals surface area contributed by atoms with Crippen molar-refractivity contribution in [1.82, 2.24) is 25.8 Å². The second kappa shape index (κ2) is 9.71. The van der Waals surface area contributed by atoms with Crippen molar-refractivity contribution in [3.05, 3.63) is 40.7 Å². The molecule has 3 fully saturated rings. The molecule has 2 saturated carbocycles. The van der Waals surface area contributed by atoms with E-state index < -0.39 is 11.9 Å². The fraction of sp³-hybridized carbons (Fsp3) is 0.607. The van der Waals surface area contributed by atoms with Gasteiger partial charge in [0.1, 0.15) is 11.7 Å². The Labute approximate surface area is 222 Å². The third-order valence-electron chi connectivity index (χ3n) is 8.75. The Morgan fingerprint density at radius 3 is 2.39 bits per heavy atom. The van der Waals surface area contributed by atoms with Gasteiger partial charge in [0.2, 0.25) is 5.91 Å². The molecule has 10 heteroatoms. The summed E-state index contributed by atoms with van der Waals surface area (Å²) >= 11 is 0. The molecule has 38 heavy (non-hydrogen) atoms. The van der Waals surface area contributed by atoms with E-state index >= 15 is 0 Å². The average molecular weight is 521 g/mol. The topological polar surface area (TPSA) is 129 Å². The van der Waals surface area contributed by atoms with Gasteiger partial charge in [0.25, 0.3) is 5.91 Å². The Morgan fingerprint density at radius 2 is 1.79 bits per heavy atom. The number of hydrogen-bond donors (Lipinski definition) is 3. The highest BCUT2D eigenvalue weighted by molar-refractivity contribution is 6.01. The third-order valence-corrected chi connectivity index (χ3v) is 8.75. The van der Waals surface area contributed by atoms with E-state index in [9.17, 15) is 14.4 Å². The molecule has 0 bridgehead atoms. The molecular formula is C28H36N6O4. The predicted octanol–water partition coefficient (Wildman–Crippen LogP) is 3.07. The van der Waals surface area contributed by atoms with Gasteiger partial charge in [0.15, 0.2) is 5.69 Å². The van der Waals surface area contributed by atoms with Crippen LogP contribution in [0.5, 0.6) is 0 Å². The number of fused-ring (bicyclic) bond motifs is 1. The molecule has 6 rings (SSSR count). The summed E-state index contributed by atoms with van der Waals surface area (Å²) in [6, 6.07) is 5.66. The molecule has 1 aromatic carbocycles. The summed E-state index contributed by atoms with van der Waals surface area (Å²) in [5.41, 5.74) is 3.59. The largest absolute Gasteiger partial charge is 0.338 e. The van der Waals surface area contributed by atoms with Crippen LogP contribution in [-0.4, -0.2) is 57.7 Å². The lowest BCUT2D eigenvalue weighted by Gasteiger charge is -2.27. The normalized spacial score (nSPS) is 23.5. The smallest absolute Gasteiger partial charge is 0.318 e. The number of anilines is 1. The van der Waals surface area contributed by atoms with Gasteiger partial charge in [-0.3, -0.25) is 9.59 Å². The van der Waals surface area contributed by atoms with Crippen LogP contribution in [0.2, 0.25) is 0 Å². The van der Waals surface area contributed by atoms with Crippen LogP contribution in [0.15, 0.2) is 22.8 Å². The van der Waals surface area contributed by atoms with Crippen LogP contribution in [0.3, 0.4) is 0 Å². The Kier molecular flexibility index (Phi) is 6.36. The van der Waals surface area contributed by atoms with Gasteiger partial charge >= 0.3 is 6.03 Å². The molecule has 202 valence electrons. The summed E-state index contributed by atoms with van der Waals surface area (Å²) in [6.07, 6.45) is 5.95. The Bertz CT molecular complexity index is 1240. The van der Waals surface area contributed by atoms with E-state index in [2.05, 4.69) is 46.2 Å². The number of aryl methyl sites for hydroxylation is 1. The fourth-order valence-electron chi connectivity index (χ4n) is 6.26. The molecule has 1 aliphatic heterocycles. The molecule has 4 aliphatic rings. The maximum atomic E-state index is 13.7. The van der Waals surface area contributed by atoms with Gasteiger partial charge in [0, 0.05) is 18.3 Å². The Hall–Kier alpha value is -3.43. The van der Waals surface area contributed by atoms with Gasteiger partial charge in [-0.1, -0.05) is 25.1 Å². The van der Waals surface area contributed by atoms with Gasteiger partial charge < -0.3 is 20.9 Å². The molecule has 10 nitrogen and oxygen atoms in total. The van der Waals surface area contributed by atoms with Gasteiger partial charge in [-0.25, -0.2) is 9.42 Å². The average Bonchev–Trinajstić information content (AvgIpc) is 3.77. The van der Waals surface area contributed by atoms with Crippen LogP contribution < -0.4 is 16.0 Å². The number of nitrogens with one attached hydrogen (secondary N) is 3. The first-order valence-corrected chi connectivity index (χ1v) is 13.9. The van der Waals surface area contributed by atoms with Crippen molar-refractivity contribution in [2.24, 2.45) is 23.7 Å². The number of rotatable bonds is 9. The molecule has 4 amide bonds. The Balaban J connectivity index is 1.16. The zero-order chi connectivity index (χ0) is 26.6. The zero-order valence-corrected chi connectivity index (χ0v) is 22.2. The summed E-state index contributed by atoms with van der Waals surface area (Å²) in [5.74, 6) is 0.775. The molecule has 0 spiro atoms.